The van der Waals surface area contributed by atoms with Crippen molar-refractivity contribution >= 4 is 34.8 Å². The Morgan fingerprint density at radius 3 is 2.56 bits per heavy atom. The molecular formula is C25H27ClN4O2. The summed E-state index contributed by atoms with van der Waals surface area (Å²) in [7, 11) is 0. The second-order valence-electron chi connectivity index (χ2n) is 8.19. The van der Waals surface area contributed by atoms with Crippen molar-refractivity contribution in [2.45, 2.75) is 52.2 Å². The van der Waals surface area contributed by atoms with Gasteiger partial charge in [0.05, 0.1) is 17.8 Å². The van der Waals surface area contributed by atoms with Gasteiger partial charge in [0.2, 0.25) is 5.91 Å². The minimum absolute atomic E-state index is 0.0556. The van der Waals surface area contributed by atoms with E-state index >= 15 is 0 Å². The van der Waals surface area contributed by atoms with Crippen LogP contribution in [0.3, 0.4) is 0 Å². The molecule has 2 aromatic carbocycles. The van der Waals surface area contributed by atoms with E-state index in [0.717, 1.165) is 29.9 Å². The van der Waals surface area contributed by atoms with E-state index in [1.54, 1.807) is 34.8 Å². The van der Waals surface area contributed by atoms with Crippen LogP contribution in [0, 0.1) is 0 Å². The molecule has 0 spiro atoms. The molecule has 1 aromatic heterocycles. The number of aromatic nitrogens is 2. The van der Waals surface area contributed by atoms with Crippen molar-refractivity contribution in [3.63, 3.8) is 0 Å². The summed E-state index contributed by atoms with van der Waals surface area (Å²) in [5.41, 5.74) is 3.13. The third kappa shape index (κ3) is 4.15. The SMILES string of the molecule is CCCn1cc(C(=O)N2c3ccccc3[C@H](N(C(C)=O)c3ccc(Cl)cc3)C[C@@H]2C)cn1. The molecule has 1 aliphatic heterocycles. The highest BCUT2D eigenvalue weighted by Gasteiger charge is 2.38. The smallest absolute Gasteiger partial charge is 0.261 e. The monoisotopic (exact) mass is 450 g/mol. The Morgan fingerprint density at radius 1 is 1.16 bits per heavy atom. The molecule has 0 bridgehead atoms. The average molecular weight is 451 g/mol. The third-order valence-corrected chi connectivity index (χ3v) is 6.12. The van der Waals surface area contributed by atoms with Crippen LogP contribution in [0.25, 0.3) is 0 Å². The van der Waals surface area contributed by atoms with E-state index in [0.29, 0.717) is 17.0 Å². The van der Waals surface area contributed by atoms with E-state index in [9.17, 15) is 9.59 Å². The zero-order valence-corrected chi connectivity index (χ0v) is 19.3. The first kappa shape index (κ1) is 22.1. The number of benzene rings is 2. The summed E-state index contributed by atoms with van der Waals surface area (Å²) in [5, 5.41) is 4.94. The molecule has 0 aliphatic carbocycles. The van der Waals surface area contributed by atoms with Gasteiger partial charge in [0.1, 0.15) is 0 Å². The lowest BCUT2D eigenvalue weighted by atomic mass is 9.89. The Bertz CT molecular complexity index is 1120. The van der Waals surface area contributed by atoms with E-state index in [1.807, 2.05) is 54.4 Å². The van der Waals surface area contributed by atoms with Crippen molar-refractivity contribution < 1.29 is 9.59 Å². The van der Waals surface area contributed by atoms with Gasteiger partial charge in [-0.15, -0.1) is 0 Å². The number of hydrogen-bond donors (Lipinski definition) is 0. The maximum atomic E-state index is 13.5. The van der Waals surface area contributed by atoms with Crippen LogP contribution in [0.1, 0.15) is 55.6 Å². The molecule has 6 nitrogen and oxygen atoms in total. The minimum Gasteiger partial charge on any atom is -0.305 e. The van der Waals surface area contributed by atoms with Gasteiger partial charge in [-0.05, 0) is 55.7 Å². The van der Waals surface area contributed by atoms with Gasteiger partial charge >= 0.3 is 0 Å². The average Bonchev–Trinajstić information content (AvgIpc) is 3.24. The highest BCUT2D eigenvalue weighted by atomic mass is 35.5. The number of hydrogen-bond acceptors (Lipinski definition) is 3. The Hall–Kier alpha value is -3.12. The number of anilines is 2. The molecule has 1 aliphatic rings. The second-order valence-corrected chi connectivity index (χ2v) is 8.63. The fourth-order valence-electron chi connectivity index (χ4n) is 4.48. The number of fused-ring (bicyclic) bond motifs is 1. The number of rotatable bonds is 5. The lowest BCUT2D eigenvalue weighted by Gasteiger charge is -2.43. The van der Waals surface area contributed by atoms with Crippen molar-refractivity contribution in [1.29, 1.82) is 0 Å². The topological polar surface area (TPSA) is 58.4 Å². The summed E-state index contributed by atoms with van der Waals surface area (Å²) in [5.74, 6) is -0.133. The summed E-state index contributed by atoms with van der Waals surface area (Å²) in [6.45, 7) is 6.45. The Kier molecular flexibility index (Phi) is 6.33. The standard InChI is InChI=1S/C25H27ClN4O2/c1-4-13-28-16-19(15-27-28)25(32)29-17(2)14-24(22-7-5-6-8-23(22)29)30(18(3)31)21-11-9-20(26)10-12-21/h5-12,15-17,24H,4,13-14H2,1-3H3/t17-,24+/m0/s1. The van der Waals surface area contributed by atoms with Crippen molar-refractivity contribution in [3.05, 3.63) is 77.1 Å². The fraction of sp³-hybridized carbons (Fsp3) is 0.320. The van der Waals surface area contributed by atoms with Gasteiger partial charge in [-0.25, -0.2) is 0 Å². The first-order chi connectivity index (χ1) is 15.4. The highest BCUT2D eigenvalue weighted by Crippen LogP contribution is 2.42. The number of halogens is 1. The molecule has 0 N–H and O–H groups in total. The zero-order chi connectivity index (χ0) is 22.8. The highest BCUT2D eigenvalue weighted by molar-refractivity contribution is 6.30. The van der Waals surface area contributed by atoms with Crippen molar-refractivity contribution in [1.82, 2.24) is 9.78 Å². The molecule has 4 rings (SSSR count). The molecule has 2 atom stereocenters. The maximum absolute atomic E-state index is 13.5. The van der Waals surface area contributed by atoms with Gasteiger partial charge in [0, 0.05) is 42.1 Å². The Balaban J connectivity index is 1.73. The third-order valence-electron chi connectivity index (χ3n) is 5.87. The maximum Gasteiger partial charge on any atom is 0.261 e. The fourth-order valence-corrected chi connectivity index (χ4v) is 4.61. The van der Waals surface area contributed by atoms with E-state index in [2.05, 4.69) is 12.0 Å². The summed E-state index contributed by atoms with van der Waals surface area (Å²) in [6, 6.07) is 14.8. The first-order valence-electron chi connectivity index (χ1n) is 10.9. The first-order valence-corrected chi connectivity index (χ1v) is 11.3. The summed E-state index contributed by atoms with van der Waals surface area (Å²) >= 11 is 6.07. The molecule has 32 heavy (non-hydrogen) atoms. The molecule has 166 valence electrons. The van der Waals surface area contributed by atoms with E-state index in [4.69, 9.17) is 11.6 Å². The minimum atomic E-state index is -0.188. The number of amides is 2. The molecular weight excluding hydrogens is 424 g/mol. The van der Waals surface area contributed by atoms with Gasteiger partial charge in [0.25, 0.3) is 5.91 Å². The largest absolute Gasteiger partial charge is 0.305 e. The molecule has 0 saturated heterocycles. The van der Waals surface area contributed by atoms with Gasteiger partial charge in [0.15, 0.2) is 0 Å². The lowest BCUT2D eigenvalue weighted by molar-refractivity contribution is -0.117. The van der Waals surface area contributed by atoms with Gasteiger partial charge < -0.3 is 9.80 Å². The second kappa shape index (κ2) is 9.17. The summed E-state index contributed by atoms with van der Waals surface area (Å²) in [4.78, 5) is 29.9. The van der Waals surface area contributed by atoms with E-state index < -0.39 is 0 Å². The number of carbonyl (C=O) groups excluding carboxylic acids is 2. The molecule has 2 amide bonds. The van der Waals surface area contributed by atoms with Crippen LogP contribution in [0.2, 0.25) is 5.02 Å². The van der Waals surface area contributed by atoms with E-state index in [1.165, 1.54) is 0 Å². The van der Waals surface area contributed by atoms with Gasteiger partial charge in [-0.3, -0.25) is 14.3 Å². The molecule has 0 saturated carbocycles. The number of aryl methyl sites for hydroxylation is 1. The van der Waals surface area contributed by atoms with Crippen LogP contribution in [-0.2, 0) is 11.3 Å². The predicted octanol–water partition coefficient (Wildman–Crippen LogP) is 5.48. The molecule has 3 aromatic rings. The summed E-state index contributed by atoms with van der Waals surface area (Å²) < 4.78 is 1.80. The predicted molar refractivity (Wildman–Crippen MR) is 127 cm³/mol. The molecule has 2 heterocycles. The van der Waals surface area contributed by atoms with Crippen LogP contribution in [0.15, 0.2) is 60.9 Å². The van der Waals surface area contributed by atoms with Crippen molar-refractivity contribution in [2.75, 3.05) is 9.80 Å². The molecule has 7 heteroatoms. The number of para-hydroxylation sites is 1. The van der Waals surface area contributed by atoms with Crippen LogP contribution in [-0.4, -0.2) is 27.6 Å². The Morgan fingerprint density at radius 2 is 1.88 bits per heavy atom. The van der Waals surface area contributed by atoms with Crippen LogP contribution in [0.4, 0.5) is 11.4 Å². The van der Waals surface area contributed by atoms with Crippen LogP contribution >= 0.6 is 11.6 Å². The molecule has 0 fully saturated rings. The number of nitrogens with zero attached hydrogens (tertiary/aromatic N) is 4. The quantitative estimate of drug-likeness (QED) is 0.517. The number of carbonyl (C=O) groups is 2. The van der Waals surface area contributed by atoms with Gasteiger partial charge in [-0.1, -0.05) is 36.7 Å². The van der Waals surface area contributed by atoms with Gasteiger partial charge in [-0.2, -0.15) is 5.10 Å². The van der Waals surface area contributed by atoms with Crippen molar-refractivity contribution in [3.8, 4) is 0 Å². The van der Waals surface area contributed by atoms with Crippen LogP contribution < -0.4 is 9.80 Å². The van der Waals surface area contributed by atoms with Crippen molar-refractivity contribution in [2.24, 2.45) is 0 Å². The zero-order valence-electron chi connectivity index (χ0n) is 18.5. The molecule has 0 radical (unpaired) electrons. The van der Waals surface area contributed by atoms with Crippen LogP contribution in [0.5, 0.6) is 0 Å². The Labute approximate surface area is 193 Å². The normalized spacial score (nSPS) is 17.7. The summed E-state index contributed by atoms with van der Waals surface area (Å²) in [6.07, 6.45) is 5.01. The van der Waals surface area contributed by atoms with E-state index in [-0.39, 0.29) is 23.9 Å². The molecule has 0 unspecified atom stereocenters. The lowest BCUT2D eigenvalue weighted by Crippen LogP contribution is -2.47.